The fourth-order valence-corrected chi connectivity index (χ4v) is 2.55. The molecule has 0 atom stereocenters. The zero-order valence-corrected chi connectivity index (χ0v) is 18.3. The van der Waals surface area contributed by atoms with E-state index in [1.165, 1.54) is 44.9 Å². The van der Waals surface area contributed by atoms with E-state index >= 15 is 0 Å². The number of ether oxygens (including phenoxy) is 1. The van der Waals surface area contributed by atoms with Crippen molar-refractivity contribution < 1.29 is 58.9 Å². The molecule has 26 heavy (non-hydrogen) atoms. The Hall–Kier alpha value is -0.630. The molecule has 0 radical (unpaired) electrons. The van der Waals surface area contributed by atoms with Crippen molar-refractivity contribution in [2.75, 3.05) is 26.2 Å². The quantitative estimate of drug-likeness (QED) is 0.187. The fourth-order valence-electron chi connectivity index (χ4n) is 2.55. The van der Waals surface area contributed by atoms with Crippen LogP contribution in [-0.4, -0.2) is 54.2 Å². The Labute approximate surface area is 178 Å². The van der Waals surface area contributed by atoms with Gasteiger partial charge in [0.15, 0.2) is 0 Å². The molecule has 0 rings (SSSR count). The number of unbranched alkanes of at least 4 members (excludes halogenated alkanes) is 9. The van der Waals surface area contributed by atoms with Crippen molar-refractivity contribution in [3.63, 3.8) is 0 Å². The van der Waals surface area contributed by atoms with Crippen LogP contribution in [-0.2, 0) is 19.1 Å². The van der Waals surface area contributed by atoms with Gasteiger partial charge in [-0.2, -0.15) is 0 Å². The van der Waals surface area contributed by atoms with Gasteiger partial charge < -0.3 is 19.7 Å². The molecule has 146 valence electrons. The van der Waals surface area contributed by atoms with Gasteiger partial charge in [0.25, 0.3) is 0 Å². The van der Waals surface area contributed by atoms with Crippen LogP contribution in [0.3, 0.4) is 0 Å². The van der Waals surface area contributed by atoms with Gasteiger partial charge in [-0.25, -0.2) is 0 Å². The monoisotopic (exact) mass is 381 g/mol. The number of hydrogen-bond donors (Lipinski definition) is 1. The van der Waals surface area contributed by atoms with Crippen LogP contribution in [0.15, 0.2) is 0 Å². The molecule has 8 heteroatoms. The van der Waals surface area contributed by atoms with Crippen LogP contribution < -0.4 is 34.7 Å². The second-order valence-corrected chi connectivity index (χ2v) is 6.31. The third-order valence-corrected chi connectivity index (χ3v) is 3.83. The minimum Gasteiger partial charge on any atom is -0.549 e. The molecular formula is C18H32NNaO6. The molecule has 0 aliphatic rings. The summed E-state index contributed by atoms with van der Waals surface area (Å²) in [5, 5.41) is 19.2. The molecule has 0 bridgehead atoms. The molecule has 0 heterocycles. The Morgan fingerprint density at radius 1 is 0.846 bits per heavy atom. The third kappa shape index (κ3) is 19.7. The molecule has 0 aromatic heterocycles. The molecule has 0 aliphatic heterocycles. The van der Waals surface area contributed by atoms with E-state index < -0.39 is 31.0 Å². The number of aliphatic carboxylic acids is 2. The van der Waals surface area contributed by atoms with Crippen molar-refractivity contribution in [2.45, 2.75) is 71.1 Å². The SMILES string of the molecule is CCCCCCCCCCCCOC(=O)CN(CC(=O)[O-])CC(=O)O.[Na+]. The first-order valence-electron chi connectivity index (χ1n) is 9.25. The van der Waals surface area contributed by atoms with Gasteiger partial charge in [-0.05, 0) is 6.42 Å². The first-order chi connectivity index (χ1) is 12.0. The first-order valence-corrected chi connectivity index (χ1v) is 9.25. The summed E-state index contributed by atoms with van der Waals surface area (Å²) < 4.78 is 5.02. The predicted octanol–water partition coefficient (Wildman–Crippen LogP) is -1.41. The second-order valence-electron chi connectivity index (χ2n) is 6.31. The predicted molar refractivity (Wildman–Crippen MR) is 91.9 cm³/mol. The zero-order valence-electron chi connectivity index (χ0n) is 16.3. The summed E-state index contributed by atoms with van der Waals surface area (Å²) in [7, 11) is 0. The molecule has 0 saturated heterocycles. The second kappa shape index (κ2) is 19.1. The van der Waals surface area contributed by atoms with E-state index in [-0.39, 0.29) is 42.7 Å². The van der Waals surface area contributed by atoms with Crippen LogP contribution >= 0.6 is 0 Å². The Balaban J connectivity index is 0. The van der Waals surface area contributed by atoms with Crippen molar-refractivity contribution in [2.24, 2.45) is 0 Å². The van der Waals surface area contributed by atoms with Crippen LogP contribution in [0.5, 0.6) is 0 Å². The molecule has 0 fully saturated rings. The molecule has 0 unspecified atom stereocenters. The summed E-state index contributed by atoms with van der Waals surface area (Å²) >= 11 is 0. The van der Waals surface area contributed by atoms with Crippen molar-refractivity contribution in [3.05, 3.63) is 0 Å². The van der Waals surface area contributed by atoms with E-state index in [0.29, 0.717) is 0 Å². The van der Waals surface area contributed by atoms with Gasteiger partial charge in [-0.15, -0.1) is 0 Å². The molecule has 0 aromatic rings. The fraction of sp³-hybridized carbons (Fsp3) is 0.833. The maximum atomic E-state index is 11.6. The Morgan fingerprint density at radius 3 is 1.81 bits per heavy atom. The summed E-state index contributed by atoms with van der Waals surface area (Å²) in [5.41, 5.74) is 0. The normalized spacial score (nSPS) is 10.4. The van der Waals surface area contributed by atoms with Crippen LogP contribution in [0.4, 0.5) is 0 Å². The standard InChI is InChI=1S/C18H33NO6.Na/c1-2-3-4-5-6-7-8-9-10-11-12-25-18(24)15-19(13-16(20)21)14-17(22)23;/h2-15H2,1H3,(H,20,21)(H,22,23);/q;+1/p-1. The van der Waals surface area contributed by atoms with Crippen molar-refractivity contribution in [1.82, 2.24) is 4.90 Å². The number of rotatable bonds is 17. The number of hydrogen-bond acceptors (Lipinski definition) is 6. The van der Waals surface area contributed by atoms with E-state index in [1.54, 1.807) is 0 Å². The van der Waals surface area contributed by atoms with E-state index in [2.05, 4.69) is 6.92 Å². The molecule has 7 nitrogen and oxygen atoms in total. The maximum Gasteiger partial charge on any atom is 1.00 e. The van der Waals surface area contributed by atoms with Gasteiger partial charge in [0.2, 0.25) is 0 Å². The summed E-state index contributed by atoms with van der Waals surface area (Å²) in [6, 6.07) is 0. The molecule has 0 spiro atoms. The molecule has 0 saturated carbocycles. The van der Waals surface area contributed by atoms with Gasteiger partial charge in [0.05, 0.1) is 25.7 Å². The van der Waals surface area contributed by atoms with E-state index in [1.807, 2.05) is 0 Å². The molecule has 0 amide bonds. The first kappa shape index (κ1) is 27.6. The summed E-state index contributed by atoms with van der Waals surface area (Å²) in [4.78, 5) is 33.7. The average Bonchev–Trinajstić information content (AvgIpc) is 2.51. The van der Waals surface area contributed by atoms with Gasteiger partial charge in [-0.1, -0.05) is 64.7 Å². The van der Waals surface area contributed by atoms with Crippen LogP contribution in [0.2, 0.25) is 0 Å². The number of nitrogens with zero attached hydrogens (tertiary/aromatic N) is 1. The third-order valence-electron chi connectivity index (χ3n) is 3.83. The number of carbonyl (C=O) groups excluding carboxylic acids is 2. The Kier molecular flexibility index (Phi) is 20.3. The van der Waals surface area contributed by atoms with Gasteiger partial charge in [-0.3, -0.25) is 14.5 Å². The summed E-state index contributed by atoms with van der Waals surface area (Å²) in [6.45, 7) is 0.973. The molecule has 0 aliphatic carbocycles. The number of esters is 1. The van der Waals surface area contributed by atoms with E-state index in [9.17, 15) is 19.5 Å². The topological polar surface area (TPSA) is 107 Å². The largest absolute Gasteiger partial charge is 1.00 e. The van der Waals surface area contributed by atoms with Crippen LogP contribution in [0.1, 0.15) is 71.1 Å². The molecule has 0 aromatic carbocycles. The van der Waals surface area contributed by atoms with Gasteiger partial charge >= 0.3 is 41.5 Å². The minimum atomic E-state index is -1.43. The number of carboxylic acid groups (broad SMARTS) is 2. The minimum absolute atomic E-state index is 0. The average molecular weight is 381 g/mol. The summed E-state index contributed by atoms with van der Waals surface area (Å²) in [5.74, 6) is -3.24. The smallest absolute Gasteiger partial charge is 0.549 e. The number of carbonyl (C=O) groups is 3. The van der Waals surface area contributed by atoms with Crippen LogP contribution in [0.25, 0.3) is 0 Å². The Morgan fingerprint density at radius 2 is 1.35 bits per heavy atom. The van der Waals surface area contributed by atoms with Crippen molar-refractivity contribution >= 4 is 17.9 Å². The number of carboxylic acids is 2. The van der Waals surface area contributed by atoms with Gasteiger partial charge in [0.1, 0.15) is 0 Å². The van der Waals surface area contributed by atoms with E-state index in [4.69, 9.17) is 9.84 Å². The van der Waals surface area contributed by atoms with Gasteiger partial charge in [0, 0.05) is 6.54 Å². The van der Waals surface area contributed by atoms with E-state index in [0.717, 1.165) is 24.2 Å². The maximum absolute atomic E-state index is 11.6. The zero-order chi connectivity index (χ0) is 18.9. The van der Waals surface area contributed by atoms with Crippen molar-refractivity contribution in [3.8, 4) is 0 Å². The summed E-state index contributed by atoms with van der Waals surface area (Å²) in [6.07, 6.45) is 11.8. The molecular weight excluding hydrogens is 349 g/mol. The Bertz CT molecular complexity index is 376. The molecule has 1 N–H and O–H groups in total. The van der Waals surface area contributed by atoms with Crippen molar-refractivity contribution in [1.29, 1.82) is 0 Å². The van der Waals surface area contributed by atoms with Crippen LogP contribution in [0, 0.1) is 0 Å².